The zero-order chi connectivity index (χ0) is 11.5. The van der Waals surface area contributed by atoms with Crippen LogP contribution in [0.1, 0.15) is 42.1 Å². The van der Waals surface area contributed by atoms with Gasteiger partial charge in [0.25, 0.3) is 0 Å². The molecule has 3 nitrogen and oxygen atoms in total. The number of nitrogens with zero attached hydrogens (tertiary/aromatic N) is 2. The van der Waals surface area contributed by atoms with Crippen LogP contribution in [0.5, 0.6) is 0 Å². The zero-order valence-electron chi connectivity index (χ0n) is 10.2. The van der Waals surface area contributed by atoms with Crippen LogP contribution in [0.4, 0.5) is 5.82 Å². The van der Waals surface area contributed by atoms with E-state index in [2.05, 4.69) is 36.1 Å². The van der Waals surface area contributed by atoms with Crippen LogP contribution in [0.25, 0.3) is 0 Å². The molecule has 1 saturated heterocycles. The molecule has 2 heterocycles. The summed E-state index contributed by atoms with van der Waals surface area (Å²) in [5.41, 5.74) is 2.28. The van der Waals surface area contributed by atoms with Gasteiger partial charge >= 0.3 is 0 Å². The molecule has 0 spiro atoms. The van der Waals surface area contributed by atoms with E-state index >= 15 is 0 Å². The molecule has 1 aliphatic heterocycles. The molecular formula is C12H19N3S. The molecule has 2 rings (SSSR count). The molecule has 0 aliphatic carbocycles. The summed E-state index contributed by atoms with van der Waals surface area (Å²) in [5.74, 6) is 3.27. The second-order valence-corrected chi connectivity index (χ2v) is 5.48. The van der Waals surface area contributed by atoms with E-state index in [1.807, 2.05) is 11.8 Å². The van der Waals surface area contributed by atoms with Gasteiger partial charge in [-0.3, -0.25) is 0 Å². The van der Waals surface area contributed by atoms with Crippen LogP contribution >= 0.6 is 11.8 Å². The van der Waals surface area contributed by atoms with Gasteiger partial charge in [-0.05, 0) is 39.4 Å². The number of nitrogens with one attached hydrogen (secondary N) is 1. The van der Waals surface area contributed by atoms with Gasteiger partial charge in [0.1, 0.15) is 11.6 Å². The van der Waals surface area contributed by atoms with Crippen molar-refractivity contribution in [2.24, 2.45) is 0 Å². The van der Waals surface area contributed by atoms with Gasteiger partial charge in [0, 0.05) is 17.8 Å². The number of thioether (sulfide) groups is 1. The Kier molecular flexibility index (Phi) is 3.69. The first-order valence-corrected chi connectivity index (χ1v) is 6.98. The maximum Gasteiger partial charge on any atom is 0.143 e. The van der Waals surface area contributed by atoms with Gasteiger partial charge < -0.3 is 5.32 Å². The van der Waals surface area contributed by atoms with E-state index in [0.29, 0.717) is 5.25 Å². The lowest BCUT2D eigenvalue weighted by atomic mass is 10.2. The predicted octanol–water partition coefficient (Wildman–Crippen LogP) is 3.09. The summed E-state index contributed by atoms with van der Waals surface area (Å²) in [6.07, 6.45) is 2.51. The molecule has 1 aromatic rings. The first-order valence-electron chi connectivity index (χ1n) is 5.93. The van der Waals surface area contributed by atoms with Crippen LogP contribution in [0, 0.1) is 13.8 Å². The van der Waals surface area contributed by atoms with Crippen LogP contribution in [0.2, 0.25) is 0 Å². The van der Waals surface area contributed by atoms with Crippen LogP contribution in [0.3, 0.4) is 0 Å². The van der Waals surface area contributed by atoms with Crippen LogP contribution in [-0.2, 0) is 0 Å². The average Bonchev–Trinajstić information content (AvgIpc) is 2.78. The number of anilines is 1. The minimum Gasteiger partial charge on any atom is -0.370 e. The minimum absolute atomic E-state index is 0.511. The first kappa shape index (κ1) is 11.7. The third-order valence-electron chi connectivity index (χ3n) is 2.97. The summed E-state index contributed by atoms with van der Waals surface area (Å²) in [7, 11) is 0. The monoisotopic (exact) mass is 237 g/mol. The predicted molar refractivity (Wildman–Crippen MR) is 70.1 cm³/mol. The summed E-state index contributed by atoms with van der Waals surface area (Å²) in [4.78, 5) is 9.29. The molecule has 1 unspecified atom stereocenters. The quantitative estimate of drug-likeness (QED) is 0.876. The third-order valence-corrected chi connectivity index (χ3v) is 4.34. The highest BCUT2D eigenvalue weighted by Gasteiger charge is 2.21. The highest BCUT2D eigenvalue weighted by molar-refractivity contribution is 7.99. The number of rotatable bonds is 3. The topological polar surface area (TPSA) is 37.8 Å². The van der Waals surface area contributed by atoms with E-state index in [1.165, 1.54) is 24.2 Å². The van der Waals surface area contributed by atoms with E-state index in [0.717, 1.165) is 23.9 Å². The second-order valence-electron chi connectivity index (χ2n) is 4.17. The third kappa shape index (κ3) is 2.32. The van der Waals surface area contributed by atoms with Gasteiger partial charge in [-0.1, -0.05) is 0 Å². The molecule has 1 fully saturated rings. The van der Waals surface area contributed by atoms with Gasteiger partial charge in [0.05, 0.1) is 5.25 Å². The standard InChI is InChI=1S/C12H19N3S/c1-4-13-11-8(2)9(3)14-12(15-11)10-6-5-7-16-10/h10H,4-7H2,1-3H3,(H,13,14,15). The molecule has 1 aliphatic rings. The van der Waals surface area contributed by atoms with E-state index in [-0.39, 0.29) is 0 Å². The van der Waals surface area contributed by atoms with Crippen molar-refractivity contribution >= 4 is 17.6 Å². The smallest absolute Gasteiger partial charge is 0.143 e. The van der Waals surface area contributed by atoms with Crippen molar-refractivity contribution in [3.63, 3.8) is 0 Å². The van der Waals surface area contributed by atoms with Crippen molar-refractivity contribution in [2.75, 3.05) is 17.6 Å². The molecule has 16 heavy (non-hydrogen) atoms. The normalized spacial score (nSPS) is 20.1. The van der Waals surface area contributed by atoms with Crippen LogP contribution in [0.15, 0.2) is 0 Å². The summed E-state index contributed by atoms with van der Waals surface area (Å²) in [6.45, 7) is 7.16. The summed E-state index contributed by atoms with van der Waals surface area (Å²) < 4.78 is 0. The lowest BCUT2D eigenvalue weighted by molar-refractivity contribution is 0.769. The Morgan fingerprint density at radius 3 is 2.81 bits per heavy atom. The Bertz CT molecular complexity index is 373. The molecule has 88 valence electrons. The molecule has 1 atom stereocenters. The maximum atomic E-state index is 4.66. The van der Waals surface area contributed by atoms with Crippen LogP contribution < -0.4 is 5.32 Å². The molecule has 1 N–H and O–H groups in total. The maximum absolute atomic E-state index is 4.66. The van der Waals surface area contributed by atoms with Crippen molar-refractivity contribution in [2.45, 2.75) is 38.9 Å². The largest absolute Gasteiger partial charge is 0.370 e. The van der Waals surface area contributed by atoms with E-state index in [4.69, 9.17) is 0 Å². The molecule has 0 aromatic carbocycles. The summed E-state index contributed by atoms with van der Waals surface area (Å²) >= 11 is 1.98. The molecule has 0 radical (unpaired) electrons. The highest BCUT2D eigenvalue weighted by Crippen LogP contribution is 2.38. The SMILES string of the molecule is CCNc1nc(C2CCCS2)nc(C)c1C. The van der Waals surface area contributed by atoms with Crippen LogP contribution in [-0.4, -0.2) is 22.3 Å². The molecule has 0 bridgehead atoms. The van der Waals surface area contributed by atoms with Gasteiger partial charge in [-0.15, -0.1) is 0 Å². The highest BCUT2D eigenvalue weighted by atomic mass is 32.2. The van der Waals surface area contributed by atoms with Gasteiger partial charge in [-0.2, -0.15) is 11.8 Å². The summed E-state index contributed by atoms with van der Waals surface area (Å²) in [5, 5.41) is 3.83. The first-order chi connectivity index (χ1) is 7.72. The lowest BCUT2D eigenvalue weighted by Crippen LogP contribution is -2.09. The van der Waals surface area contributed by atoms with E-state index < -0.39 is 0 Å². The number of hydrogen-bond acceptors (Lipinski definition) is 4. The van der Waals surface area contributed by atoms with E-state index in [9.17, 15) is 0 Å². The molecule has 1 aromatic heterocycles. The molecular weight excluding hydrogens is 218 g/mol. The van der Waals surface area contributed by atoms with E-state index in [1.54, 1.807) is 0 Å². The summed E-state index contributed by atoms with van der Waals surface area (Å²) in [6, 6.07) is 0. The van der Waals surface area contributed by atoms with Crippen molar-refractivity contribution in [1.29, 1.82) is 0 Å². The number of aromatic nitrogens is 2. The fourth-order valence-corrected chi connectivity index (χ4v) is 3.12. The average molecular weight is 237 g/mol. The van der Waals surface area contributed by atoms with Crippen molar-refractivity contribution in [1.82, 2.24) is 9.97 Å². The molecule has 4 heteroatoms. The Morgan fingerprint density at radius 1 is 1.38 bits per heavy atom. The fourth-order valence-electron chi connectivity index (χ4n) is 1.92. The van der Waals surface area contributed by atoms with Crippen molar-refractivity contribution in [3.8, 4) is 0 Å². The van der Waals surface area contributed by atoms with Gasteiger partial charge in [0.2, 0.25) is 0 Å². The number of hydrogen-bond donors (Lipinski definition) is 1. The fraction of sp³-hybridized carbons (Fsp3) is 0.667. The van der Waals surface area contributed by atoms with Crippen molar-refractivity contribution in [3.05, 3.63) is 17.1 Å². The minimum atomic E-state index is 0.511. The Balaban J connectivity index is 2.31. The zero-order valence-corrected chi connectivity index (χ0v) is 11.0. The number of aryl methyl sites for hydroxylation is 1. The second kappa shape index (κ2) is 5.04. The Labute approximate surface area is 101 Å². The van der Waals surface area contributed by atoms with Crippen molar-refractivity contribution < 1.29 is 0 Å². The molecule has 0 saturated carbocycles. The Hall–Kier alpha value is -0.770. The van der Waals surface area contributed by atoms with Gasteiger partial charge in [0.15, 0.2) is 0 Å². The Morgan fingerprint density at radius 2 is 2.19 bits per heavy atom. The molecule has 0 amide bonds. The lowest BCUT2D eigenvalue weighted by Gasteiger charge is -2.13. The van der Waals surface area contributed by atoms with Gasteiger partial charge in [-0.25, -0.2) is 9.97 Å².